The molecule has 22 heavy (non-hydrogen) atoms. The van der Waals surface area contributed by atoms with Gasteiger partial charge in [-0.05, 0) is 12.1 Å². The summed E-state index contributed by atoms with van der Waals surface area (Å²) in [6.07, 6.45) is 7.12. The maximum absolute atomic E-state index is 13.4. The third kappa shape index (κ3) is 4.03. The van der Waals surface area contributed by atoms with Crippen molar-refractivity contribution in [2.24, 2.45) is 10.2 Å². The number of hydrogen-bond acceptors (Lipinski definition) is 5. The SMILES string of the molecule is C#CCCC1(CCC(=O)NNc2ccc(C#N)c(F)c2)N=N1. The zero-order chi connectivity index (χ0) is 16.0. The summed E-state index contributed by atoms with van der Waals surface area (Å²) < 4.78 is 13.4. The molecule has 0 unspecified atom stereocenters. The number of terminal acetylenes is 1. The number of amides is 1. The Morgan fingerprint density at radius 3 is 2.77 bits per heavy atom. The predicted octanol–water partition coefficient (Wildman–Crippen LogP) is 2.50. The van der Waals surface area contributed by atoms with Gasteiger partial charge in [0, 0.05) is 31.7 Å². The molecular formula is C15H14FN5O. The molecule has 0 fully saturated rings. The molecule has 2 rings (SSSR count). The van der Waals surface area contributed by atoms with Crippen molar-refractivity contribution in [1.82, 2.24) is 5.43 Å². The summed E-state index contributed by atoms with van der Waals surface area (Å²) in [6.45, 7) is 0. The first-order chi connectivity index (χ1) is 10.6. The first-order valence-electron chi connectivity index (χ1n) is 6.70. The topological polar surface area (TPSA) is 89.6 Å². The van der Waals surface area contributed by atoms with Crippen LogP contribution in [0.1, 0.15) is 31.2 Å². The second-order valence-electron chi connectivity index (χ2n) is 4.87. The minimum absolute atomic E-state index is 0.0516. The predicted molar refractivity (Wildman–Crippen MR) is 77.8 cm³/mol. The van der Waals surface area contributed by atoms with Gasteiger partial charge in [-0.3, -0.25) is 15.6 Å². The summed E-state index contributed by atoms with van der Waals surface area (Å²) in [6, 6.07) is 5.70. The molecule has 1 aliphatic heterocycles. The number of halogens is 1. The standard InChI is InChI=1S/C15H14FN5O/c1-2-3-7-15(20-21-15)8-6-14(22)19-18-12-5-4-11(10-17)13(16)9-12/h1,4-5,9,18H,3,6-8H2,(H,19,22). The molecule has 0 aromatic heterocycles. The average Bonchev–Trinajstić information content (AvgIpc) is 3.29. The van der Waals surface area contributed by atoms with E-state index >= 15 is 0 Å². The molecule has 0 radical (unpaired) electrons. The quantitative estimate of drug-likeness (QED) is 0.598. The Bertz CT molecular complexity index is 680. The van der Waals surface area contributed by atoms with Crippen LogP contribution in [0.2, 0.25) is 0 Å². The number of anilines is 1. The van der Waals surface area contributed by atoms with Crippen LogP contribution < -0.4 is 10.9 Å². The molecule has 112 valence electrons. The molecule has 1 amide bonds. The Hall–Kier alpha value is -2.93. The van der Waals surface area contributed by atoms with E-state index in [1.165, 1.54) is 12.1 Å². The van der Waals surface area contributed by atoms with Gasteiger partial charge in [0.05, 0.1) is 11.3 Å². The average molecular weight is 299 g/mol. The molecule has 0 spiro atoms. The number of nitrogens with zero attached hydrogens (tertiary/aromatic N) is 3. The molecule has 0 saturated carbocycles. The lowest BCUT2D eigenvalue weighted by molar-refractivity contribution is -0.120. The molecule has 1 aliphatic rings. The van der Waals surface area contributed by atoms with Gasteiger partial charge < -0.3 is 0 Å². The zero-order valence-corrected chi connectivity index (χ0v) is 11.8. The van der Waals surface area contributed by atoms with Gasteiger partial charge >= 0.3 is 0 Å². The van der Waals surface area contributed by atoms with Crippen molar-refractivity contribution in [3.63, 3.8) is 0 Å². The van der Waals surface area contributed by atoms with Crippen LogP contribution in [0.4, 0.5) is 10.1 Å². The Kier molecular flexibility index (Phi) is 4.70. The highest BCUT2D eigenvalue weighted by Gasteiger charge is 2.39. The minimum Gasteiger partial charge on any atom is -0.299 e. The van der Waals surface area contributed by atoms with E-state index < -0.39 is 11.5 Å². The number of hydrazine groups is 1. The van der Waals surface area contributed by atoms with Gasteiger partial charge in [0.15, 0.2) is 5.66 Å². The summed E-state index contributed by atoms with van der Waals surface area (Å²) >= 11 is 0. The van der Waals surface area contributed by atoms with Crippen LogP contribution in [0.15, 0.2) is 28.4 Å². The first kappa shape index (κ1) is 15.5. The van der Waals surface area contributed by atoms with Gasteiger partial charge in [-0.2, -0.15) is 15.5 Å². The summed E-state index contributed by atoms with van der Waals surface area (Å²) in [5.74, 6) is 1.61. The summed E-state index contributed by atoms with van der Waals surface area (Å²) in [5, 5.41) is 16.5. The summed E-state index contributed by atoms with van der Waals surface area (Å²) in [4.78, 5) is 11.7. The lowest BCUT2D eigenvalue weighted by Crippen LogP contribution is -2.30. The number of benzene rings is 1. The van der Waals surface area contributed by atoms with Crippen molar-refractivity contribution in [2.75, 3.05) is 5.43 Å². The number of carbonyl (C=O) groups excluding carboxylic acids is 1. The van der Waals surface area contributed by atoms with E-state index in [-0.39, 0.29) is 17.9 Å². The van der Waals surface area contributed by atoms with Gasteiger partial charge in [-0.1, -0.05) is 0 Å². The Morgan fingerprint density at radius 1 is 1.41 bits per heavy atom. The lowest BCUT2D eigenvalue weighted by atomic mass is 10.0. The van der Waals surface area contributed by atoms with Gasteiger partial charge in [0.1, 0.15) is 11.9 Å². The number of rotatable bonds is 7. The van der Waals surface area contributed by atoms with E-state index in [1.54, 1.807) is 6.07 Å². The van der Waals surface area contributed by atoms with Crippen LogP contribution in [0.25, 0.3) is 0 Å². The van der Waals surface area contributed by atoms with E-state index in [0.29, 0.717) is 24.9 Å². The Balaban J connectivity index is 1.75. The van der Waals surface area contributed by atoms with Crippen LogP contribution in [0, 0.1) is 29.5 Å². The van der Waals surface area contributed by atoms with E-state index in [2.05, 4.69) is 27.0 Å². The van der Waals surface area contributed by atoms with E-state index in [1.807, 2.05) is 0 Å². The van der Waals surface area contributed by atoms with Gasteiger partial charge in [-0.15, -0.1) is 12.3 Å². The van der Waals surface area contributed by atoms with Crippen molar-refractivity contribution in [1.29, 1.82) is 5.26 Å². The largest absolute Gasteiger partial charge is 0.299 e. The van der Waals surface area contributed by atoms with Crippen molar-refractivity contribution in [3.05, 3.63) is 29.6 Å². The number of carbonyl (C=O) groups is 1. The monoisotopic (exact) mass is 299 g/mol. The second kappa shape index (κ2) is 6.68. The smallest absolute Gasteiger partial charge is 0.238 e. The van der Waals surface area contributed by atoms with Gasteiger partial charge in [0.2, 0.25) is 5.91 Å². The highest BCUT2D eigenvalue weighted by atomic mass is 19.1. The number of nitriles is 1. The molecule has 6 nitrogen and oxygen atoms in total. The molecule has 2 N–H and O–H groups in total. The minimum atomic E-state index is -0.648. The number of nitrogens with one attached hydrogen (secondary N) is 2. The van der Waals surface area contributed by atoms with Crippen molar-refractivity contribution < 1.29 is 9.18 Å². The molecule has 1 aromatic rings. The Morgan fingerprint density at radius 2 is 2.18 bits per heavy atom. The highest BCUT2D eigenvalue weighted by Crippen LogP contribution is 2.37. The van der Waals surface area contributed by atoms with Crippen LogP contribution in [0.5, 0.6) is 0 Å². The molecule has 1 aromatic carbocycles. The highest BCUT2D eigenvalue weighted by molar-refractivity contribution is 5.77. The van der Waals surface area contributed by atoms with E-state index in [0.717, 1.165) is 6.07 Å². The third-order valence-electron chi connectivity index (χ3n) is 3.24. The van der Waals surface area contributed by atoms with Crippen LogP contribution in [-0.2, 0) is 4.79 Å². The summed E-state index contributed by atoms with van der Waals surface area (Å²) in [5.41, 5.74) is 4.86. The van der Waals surface area contributed by atoms with Gasteiger partial charge in [-0.25, -0.2) is 4.39 Å². The molecule has 0 atom stereocenters. The fourth-order valence-electron chi connectivity index (χ4n) is 1.87. The molecule has 0 saturated heterocycles. The van der Waals surface area contributed by atoms with E-state index in [4.69, 9.17) is 11.7 Å². The van der Waals surface area contributed by atoms with Crippen molar-refractivity contribution in [3.8, 4) is 18.4 Å². The maximum Gasteiger partial charge on any atom is 0.238 e. The fraction of sp³-hybridized carbons (Fsp3) is 0.333. The summed E-state index contributed by atoms with van der Waals surface area (Å²) in [7, 11) is 0. The molecule has 7 heteroatoms. The molecule has 1 heterocycles. The van der Waals surface area contributed by atoms with E-state index in [9.17, 15) is 9.18 Å². The lowest BCUT2D eigenvalue weighted by Gasteiger charge is -2.11. The normalized spacial score (nSPS) is 13.8. The van der Waals surface area contributed by atoms with Gasteiger partial charge in [0.25, 0.3) is 0 Å². The van der Waals surface area contributed by atoms with Crippen molar-refractivity contribution >= 4 is 11.6 Å². The van der Waals surface area contributed by atoms with Crippen molar-refractivity contribution in [2.45, 2.75) is 31.3 Å². The van der Waals surface area contributed by atoms with Crippen LogP contribution in [0.3, 0.4) is 0 Å². The number of hydrogen-bond donors (Lipinski definition) is 2. The zero-order valence-electron chi connectivity index (χ0n) is 11.8. The Labute approximate surface area is 127 Å². The molecule has 0 aliphatic carbocycles. The van der Waals surface area contributed by atoms with Crippen LogP contribution >= 0.6 is 0 Å². The van der Waals surface area contributed by atoms with Crippen LogP contribution in [-0.4, -0.2) is 11.6 Å². The molecule has 0 bridgehead atoms. The fourth-order valence-corrected chi connectivity index (χ4v) is 1.87. The second-order valence-corrected chi connectivity index (χ2v) is 4.87. The maximum atomic E-state index is 13.4. The third-order valence-corrected chi connectivity index (χ3v) is 3.24. The first-order valence-corrected chi connectivity index (χ1v) is 6.70. The molecular weight excluding hydrogens is 285 g/mol.